The van der Waals surface area contributed by atoms with Crippen LogP contribution < -0.4 is 9.80 Å². The SMILES string of the molecule is O=C1CCCc2nc(N3CCN(c4ccccc4F)CC3)ncc21. The number of halogens is 1. The van der Waals surface area contributed by atoms with Crippen molar-refractivity contribution >= 4 is 17.4 Å². The molecule has 1 aliphatic carbocycles. The normalized spacial score (nSPS) is 17.8. The molecule has 1 aromatic carbocycles. The smallest absolute Gasteiger partial charge is 0.225 e. The molecule has 0 amide bonds. The number of aryl methyl sites for hydroxylation is 1. The molecule has 0 bridgehead atoms. The highest BCUT2D eigenvalue weighted by Gasteiger charge is 2.24. The minimum absolute atomic E-state index is 0.146. The number of hydrogen-bond donors (Lipinski definition) is 0. The standard InChI is InChI=1S/C18H19FN4O/c19-14-4-1-2-6-16(14)22-8-10-23(11-9-22)18-20-12-13-15(21-18)5-3-7-17(13)24/h1-2,4,6,12H,3,5,7-11H2. The predicted molar refractivity (Wildman–Crippen MR) is 90.1 cm³/mol. The minimum atomic E-state index is -0.186. The lowest BCUT2D eigenvalue weighted by Gasteiger charge is -2.36. The Morgan fingerprint density at radius 3 is 2.54 bits per heavy atom. The second kappa shape index (κ2) is 6.19. The molecule has 4 rings (SSSR count). The fourth-order valence-corrected chi connectivity index (χ4v) is 3.39. The lowest BCUT2D eigenvalue weighted by Crippen LogP contribution is -2.47. The van der Waals surface area contributed by atoms with Gasteiger partial charge in [0.1, 0.15) is 5.82 Å². The maximum absolute atomic E-state index is 13.9. The van der Waals surface area contributed by atoms with Crippen LogP contribution in [0.4, 0.5) is 16.0 Å². The molecule has 1 saturated heterocycles. The van der Waals surface area contributed by atoms with Crippen molar-refractivity contribution in [3.05, 3.63) is 47.5 Å². The van der Waals surface area contributed by atoms with Crippen LogP contribution in [0.3, 0.4) is 0 Å². The van der Waals surface area contributed by atoms with Crippen molar-refractivity contribution < 1.29 is 9.18 Å². The minimum Gasteiger partial charge on any atom is -0.366 e. The average Bonchev–Trinajstić information content (AvgIpc) is 2.62. The molecule has 24 heavy (non-hydrogen) atoms. The molecule has 2 aliphatic rings. The third-order valence-corrected chi connectivity index (χ3v) is 4.73. The Kier molecular flexibility index (Phi) is 3.88. The van der Waals surface area contributed by atoms with Crippen molar-refractivity contribution in [2.45, 2.75) is 19.3 Å². The largest absolute Gasteiger partial charge is 0.366 e. The summed E-state index contributed by atoms with van der Waals surface area (Å²) in [6, 6.07) is 6.86. The van der Waals surface area contributed by atoms with Crippen LogP contribution in [0.1, 0.15) is 28.9 Å². The van der Waals surface area contributed by atoms with Crippen LogP contribution in [0, 0.1) is 5.82 Å². The summed E-state index contributed by atoms with van der Waals surface area (Å²) in [4.78, 5) is 25.0. The van der Waals surface area contributed by atoms with Gasteiger partial charge in [0.2, 0.25) is 5.95 Å². The summed E-state index contributed by atoms with van der Waals surface area (Å²) in [5.74, 6) is 0.637. The van der Waals surface area contributed by atoms with Crippen molar-refractivity contribution in [1.29, 1.82) is 0 Å². The molecule has 0 spiro atoms. The highest BCUT2D eigenvalue weighted by atomic mass is 19.1. The Labute approximate surface area is 140 Å². The number of para-hydroxylation sites is 1. The topological polar surface area (TPSA) is 49.3 Å². The van der Waals surface area contributed by atoms with Gasteiger partial charge in [0.05, 0.1) is 16.9 Å². The first-order chi connectivity index (χ1) is 11.7. The van der Waals surface area contributed by atoms with E-state index >= 15 is 0 Å². The number of piperazine rings is 1. The van der Waals surface area contributed by atoms with Gasteiger partial charge in [0.25, 0.3) is 0 Å². The first-order valence-corrected chi connectivity index (χ1v) is 8.36. The molecule has 1 aliphatic heterocycles. The van der Waals surface area contributed by atoms with Crippen LogP contribution in [0.15, 0.2) is 30.5 Å². The third-order valence-electron chi connectivity index (χ3n) is 4.73. The maximum Gasteiger partial charge on any atom is 0.225 e. The van der Waals surface area contributed by atoms with Crippen molar-refractivity contribution in [3.8, 4) is 0 Å². The fourth-order valence-electron chi connectivity index (χ4n) is 3.39. The molecule has 5 nitrogen and oxygen atoms in total. The number of ketones is 1. The Balaban J connectivity index is 1.48. The molecule has 2 heterocycles. The predicted octanol–water partition coefficient (Wildman–Crippen LogP) is 2.46. The van der Waals surface area contributed by atoms with Crippen LogP contribution >= 0.6 is 0 Å². The van der Waals surface area contributed by atoms with E-state index in [1.807, 2.05) is 17.0 Å². The molecule has 0 radical (unpaired) electrons. The van der Waals surface area contributed by atoms with E-state index in [4.69, 9.17) is 0 Å². The Bertz CT molecular complexity index is 771. The summed E-state index contributed by atoms with van der Waals surface area (Å²) in [5, 5.41) is 0. The van der Waals surface area contributed by atoms with Gasteiger partial charge in [0.15, 0.2) is 5.78 Å². The van der Waals surface area contributed by atoms with Gasteiger partial charge in [-0.15, -0.1) is 0 Å². The molecule has 0 N–H and O–H groups in total. The van der Waals surface area contributed by atoms with Gasteiger partial charge in [0, 0.05) is 38.8 Å². The summed E-state index contributed by atoms with van der Waals surface area (Å²) < 4.78 is 13.9. The van der Waals surface area contributed by atoms with E-state index in [0.717, 1.165) is 44.7 Å². The van der Waals surface area contributed by atoms with Gasteiger partial charge in [-0.25, -0.2) is 14.4 Å². The van der Waals surface area contributed by atoms with Gasteiger partial charge in [-0.3, -0.25) is 4.79 Å². The summed E-state index contributed by atoms with van der Waals surface area (Å²) >= 11 is 0. The summed E-state index contributed by atoms with van der Waals surface area (Å²) in [7, 11) is 0. The molecule has 1 fully saturated rings. The van der Waals surface area contributed by atoms with E-state index in [1.54, 1.807) is 12.3 Å². The van der Waals surface area contributed by atoms with Crippen LogP contribution in [0.2, 0.25) is 0 Å². The number of nitrogens with zero attached hydrogens (tertiary/aromatic N) is 4. The van der Waals surface area contributed by atoms with Crippen LogP contribution in [0.5, 0.6) is 0 Å². The third kappa shape index (κ3) is 2.72. The lowest BCUT2D eigenvalue weighted by atomic mass is 9.96. The number of anilines is 2. The van der Waals surface area contributed by atoms with Crippen molar-refractivity contribution in [2.24, 2.45) is 0 Å². The van der Waals surface area contributed by atoms with Gasteiger partial charge >= 0.3 is 0 Å². The highest BCUT2D eigenvalue weighted by molar-refractivity contribution is 5.97. The molecule has 124 valence electrons. The zero-order valence-corrected chi connectivity index (χ0v) is 13.4. The molecule has 2 aromatic rings. The quantitative estimate of drug-likeness (QED) is 0.848. The van der Waals surface area contributed by atoms with E-state index in [2.05, 4.69) is 14.9 Å². The summed E-state index contributed by atoms with van der Waals surface area (Å²) in [6.07, 6.45) is 3.97. The van der Waals surface area contributed by atoms with Crippen LogP contribution in [-0.4, -0.2) is 41.9 Å². The molecular formula is C18H19FN4O. The Morgan fingerprint density at radius 1 is 1.00 bits per heavy atom. The van der Waals surface area contributed by atoms with Gasteiger partial charge in [-0.05, 0) is 25.0 Å². The molecule has 0 saturated carbocycles. The number of carbonyl (C=O) groups is 1. The molecule has 0 unspecified atom stereocenters. The maximum atomic E-state index is 13.9. The van der Waals surface area contributed by atoms with Crippen molar-refractivity contribution in [2.75, 3.05) is 36.0 Å². The van der Waals surface area contributed by atoms with Gasteiger partial charge in [-0.1, -0.05) is 12.1 Å². The summed E-state index contributed by atoms with van der Waals surface area (Å²) in [5.41, 5.74) is 2.19. The summed E-state index contributed by atoms with van der Waals surface area (Å²) in [6.45, 7) is 2.92. The van der Waals surface area contributed by atoms with Gasteiger partial charge in [-0.2, -0.15) is 0 Å². The average molecular weight is 326 g/mol. The molecular weight excluding hydrogens is 307 g/mol. The zero-order valence-electron chi connectivity index (χ0n) is 13.4. The Hall–Kier alpha value is -2.50. The highest BCUT2D eigenvalue weighted by Crippen LogP contribution is 2.24. The van der Waals surface area contributed by atoms with Crippen molar-refractivity contribution in [1.82, 2.24) is 9.97 Å². The molecule has 6 heteroatoms. The van der Waals surface area contributed by atoms with Gasteiger partial charge < -0.3 is 9.80 Å². The second-order valence-electron chi connectivity index (χ2n) is 6.23. The lowest BCUT2D eigenvalue weighted by molar-refractivity contribution is 0.0971. The Morgan fingerprint density at radius 2 is 1.75 bits per heavy atom. The number of rotatable bonds is 2. The first kappa shape index (κ1) is 15.1. The van der Waals surface area contributed by atoms with Crippen molar-refractivity contribution in [3.63, 3.8) is 0 Å². The van der Waals surface area contributed by atoms with E-state index in [0.29, 0.717) is 23.6 Å². The number of carbonyl (C=O) groups excluding carboxylic acids is 1. The number of fused-ring (bicyclic) bond motifs is 1. The fraction of sp³-hybridized carbons (Fsp3) is 0.389. The van der Waals surface area contributed by atoms with E-state index in [1.165, 1.54) is 6.07 Å². The zero-order chi connectivity index (χ0) is 16.5. The number of aromatic nitrogens is 2. The second-order valence-corrected chi connectivity index (χ2v) is 6.23. The van der Waals surface area contributed by atoms with E-state index in [-0.39, 0.29) is 11.6 Å². The molecule has 1 aromatic heterocycles. The van der Waals surface area contributed by atoms with E-state index < -0.39 is 0 Å². The monoisotopic (exact) mass is 326 g/mol. The molecule has 0 atom stereocenters. The number of Topliss-reactive ketones (excluding diaryl/α,β-unsaturated/α-hetero) is 1. The number of hydrogen-bond acceptors (Lipinski definition) is 5. The van der Waals surface area contributed by atoms with E-state index in [9.17, 15) is 9.18 Å². The van der Waals surface area contributed by atoms with Crippen LogP contribution in [0.25, 0.3) is 0 Å². The number of benzene rings is 1. The first-order valence-electron chi connectivity index (χ1n) is 8.36. The van der Waals surface area contributed by atoms with Crippen LogP contribution in [-0.2, 0) is 6.42 Å².